The van der Waals surface area contributed by atoms with E-state index < -0.39 is 0 Å². The number of rotatable bonds is 2. The van der Waals surface area contributed by atoms with Gasteiger partial charge in [0, 0.05) is 6.04 Å². The highest BCUT2D eigenvalue weighted by molar-refractivity contribution is 5.08. The third-order valence-corrected chi connectivity index (χ3v) is 5.04. The predicted molar refractivity (Wildman–Crippen MR) is 56.4 cm³/mol. The molecule has 0 aromatic rings. The van der Waals surface area contributed by atoms with Crippen LogP contribution in [0.5, 0.6) is 0 Å². The van der Waals surface area contributed by atoms with Crippen LogP contribution in [0.1, 0.15) is 52.9 Å². The zero-order valence-corrected chi connectivity index (χ0v) is 9.27. The van der Waals surface area contributed by atoms with E-state index in [4.69, 9.17) is 5.73 Å². The quantitative estimate of drug-likeness (QED) is 0.696. The lowest BCUT2D eigenvalue weighted by Crippen LogP contribution is -2.35. The van der Waals surface area contributed by atoms with Gasteiger partial charge in [-0.1, -0.05) is 13.8 Å². The maximum Gasteiger partial charge on any atom is 0.00159 e. The van der Waals surface area contributed by atoms with Gasteiger partial charge in [-0.05, 0) is 55.8 Å². The molecule has 1 nitrogen and oxygen atoms in total. The van der Waals surface area contributed by atoms with Gasteiger partial charge in [-0.2, -0.15) is 0 Å². The SMILES string of the molecule is CC(N)CC12CCC(CC1)C2(C)C. The number of fused-ring (bicyclic) bond motifs is 2. The lowest BCUT2D eigenvalue weighted by Gasteiger charge is -2.39. The molecule has 0 aromatic heterocycles. The third kappa shape index (κ3) is 1.16. The lowest BCUT2D eigenvalue weighted by atomic mass is 9.66. The van der Waals surface area contributed by atoms with Gasteiger partial charge in [0.1, 0.15) is 0 Å². The lowest BCUT2D eigenvalue weighted by molar-refractivity contribution is 0.108. The minimum absolute atomic E-state index is 0.385. The molecule has 0 amide bonds. The van der Waals surface area contributed by atoms with Crippen LogP contribution in [0.4, 0.5) is 0 Å². The zero-order valence-electron chi connectivity index (χ0n) is 9.27. The number of hydrogen-bond donors (Lipinski definition) is 1. The minimum atomic E-state index is 0.385. The fourth-order valence-electron chi connectivity index (χ4n) is 4.05. The first-order valence-electron chi connectivity index (χ1n) is 5.73. The van der Waals surface area contributed by atoms with Crippen LogP contribution >= 0.6 is 0 Å². The van der Waals surface area contributed by atoms with E-state index in [0.717, 1.165) is 5.92 Å². The van der Waals surface area contributed by atoms with E-state index in [9.17, 15) is 0 Å². The van der Waals surface area contributed by atoms with E-state index in [0.29, 0.717) is 16.9 Å². The second-order valence-electron chi connectivity index (χ2n) is 5.96. The molecular weight excluding hydrogens is 158 g/mol. The standard InChI is InChI=1S/C12H23N/c1-9(13)8-12-6-4-10(5-7-12)11(12,2)3/h9-10H,4-8,13H2,1-3H3. The van der Waals surface area contributed by atoms with Crippen molar-refractivity contribution in [3.63, 3.8) is 0 Å². The summed E-state index contributed by atoms with van der Waals surface area (Å²) in [6.45, 7) is 7.11. The number of nitrogens with two attached hydrogens (primary N) is 1. The largest absolute Gasteiger partial charge is 0.328 e. The number of hydrogen-bond acceptors (Lipinski definition) is 1. The second-order valence-corrected chi connectivity index (χ2v) is 5.96. The molecule has 0 saturated heterocycles. The minimum Gasteiger partial charge on any atom is -0.328 e. The Kier molecular flexibility index (Phi) is 1.99. The molecule has 2 saturated carbocycles. The van der Waals surface area contributed by atoms with Crippen molar-refractivity contribution in [3.05, 3.63) is 0 Å². The second kappa shape index (κ2) is 2.73. The topological polar surface area (TPSA) is 26.0 Å². The highest BCUT2D eigenvalue weighted by Crippen LogP contribution is 2.67. The van der Waals surface area contributed by atoms with Gasteiger partial charge in [0.05, 0.1) is 0 Å². The van der Waals surface area contributed by atoms with Crippen molar-refractivity contribution in [1.82, 2.24) is 0 Å². The van der Waals surface area contributed by atoms with Crippen molar-refractivity contribution in [2.75, 3.05) is 0 Å². The summed E-state index contributed by atoms with van der Waals surface area (Å²) in [6, 6.07) is 0.385. The van der Waals surface area contributed by atoms with Crippen LogP contribution in [0.2, 0.25) is 0 Å². The first kappa shape index (κ1) is 9.51. The maximum atomic E-state index is 5.97. The Morgan fingerprint density at radius 3 is 2.15 bits per heavy atom. The predicted octanol–water partition coefficient (Wildman–Crippen LogP) is 2.94. The average Bonchev–Trinajstić information content (AvgIpc) is 2.36. The molecule has 2 N–H and O–H groups in total. The Balaban J connectivity index is 2.21. The first-order valence-corrected chi connectivity index (χ1v) is 5.73. The van der Waals surface area contributed by atoms with Gasteiger partial charge >= 0.3 is 0 Å². The molecule has 13 heavy (non-hydrogen) atoms. The average molecular weight is 181 g/mol. The molecule has 0 spiro atoms. The molecule has 1 unspecified atom stereocenters. The summed E-state index contributed by atoms with van der Waals surface area (Å²) >= 11 is 0. The van der Waals surface area contributed by atoms with Gasteiger partial charge < -0.3 is 5.73 Å². The van der Waals surface area contributed by atoms with Crippen molar-refractivity contribution in [1.29, 1.82) is 0 Å². The van der Waals surface area contributed by atoms with Crippen molar-refractivity contribution in [2.45, 2.75) is 58.9 Å². The molecule has 1 heteroatoms. The highest BCUT2D eigenvalue weighted by atomic mass is 14.7. The summed E-state index contributed by atoms with van der Waals surface area (Å²) in [5.74, 6) is 0.992. The first-order chi connectivity index (χ1) is 5.98. The van der Waals surface area contributed by atoms with Crippen LogP contribution < -0.4 is 5.73 Å². The normalized spacial score (nSPS) is 43.8. The van der Waals surface area contributed by atoms with E-state index in [-0.39, 0.29) is 0 Å². The molecule has 2 rings (SSSR count). The molecule has 2 fully saturated rings. The Bertz CT molecular complexity index is 197. The van der Waals surface area contributed by atoms with Crippen molar-refractivity contribution >= 4 is 0 Å². The van der Waals surface area contributed by atoms with Crippen molar-refractivity contribution in [3.8, 4) is 0 Å². The van der Waals surface area contributed by atoms with Crippen LogP contribution in [0, 0.1) is 16.7 Å². The molecule has 2 aliphatic rings. The Labute approximate surface area is 82.1 Å². The smallest absolute Gasteiger partial charge is 0.00159 e. The van der Waals surface area contributed by atoms with E-state index >= 15 is 0 Å². The molecule has 0 heterocycles. The monoisotopic (exact) mass is 181 g/mol. The Hall–Kier alpha value is -0.0400. The van der Waals surface area contributed by atoms with Crippen molar-refractivity contribution < 1.29 is 0 Å². The zero-order chi connectivity index (χ0) is 9.69. The maximum absolute atomic E-state index is 5.97. The summed E-state index contributed by atoms with van der Waals surface area (Å²) < 4.78 is 0. The molecule has 76 valence electrons. The molecule has 0 radical (unpaired) electrons. The van der Waals surface area contributed by atoms with Crippen LogP contribution in [-0.4, -0.2) is 6.04 Å². The summed E-state index contributed by atoms with van der Waals surface area (Å²) in [5, 5.41) is 0. The summed E-state index contributed by atoms with van der Waals surface area (Å²) in [7, 11) is 0. The molecular formula is C12H23N. The van der Waals surface area contributed by atoms with Crippen LogP contribution in [0.15, 0.2) is 0 Å². The molecule has 1 atom stereocenters. The van der Waals surface area contributed by atoms with Gasteiger partial charge in [0.2, 0.25) is 0 Å². The van der Waals surface area contributed by atoms with Crippen LogP contribution in [0.25, 0.3) is 0 Å². The fourth-order valence-corrected chi connectivity index (χ4v) is 4.05. The van der Waals surface area contributed by atoms with Crippen LogP contribution in [-0.2, 0) is 0 Å². The van der Waals surface area contributed by atoms with Gasteiger partial charge in [-0.3, -0.25) is 0 Å². The fraction of sp³-hybridized carbons (Fsp3) is 1.00. The van der Waals surface area contributed by atoms with Gasteiger partial charge in [0.15, 0.2) is 0 Å². The van der Waals surface area contributed by atoms with E-state index in [2.05, 4.69) is 20.8 Å². The van der Waals surface area contributed by atoms with E-state index in [1.807, 2.05) is 0 Å². The van der Waals surface area contributed by atoms with Crippen LogP contribution in [0.3, 0.4) is 0 Å². The summed E-state index contributed by atoms with van der Waals surface area (Å²) in [6.07, 6.45) is 7.04. The summed E-state index contributed by atoms with van der Waals surface area (Å²) in [4.78, 5) is 0. The van der Waals surface area contributed by atoms with E-state index in [1.165, 1.54) is 32.1 Å². The highest BCUT2D eigenvalue weighted by Gasteiger charge is 2.58. The Morgan fingerprint density at radius 2 is 1.85 bits per heavy atom. The van der Waals surface area contributed by atoms with Gasteiger partial charge in [-0.25, -0.2) is 0 Å². The molecule has 0 aliphatic heterocycles. The van der Waals surface area contributed by atoms with Gasteiger partial charge in [-0.15, -0.1) is 0 Å². The van der Waals surface area contributed by atoms with E-state index in [1.54, 1.807) is 0 Å². The molecule has 2 aliphatic carbocycles. The van der Waals surface area contributed by atoms with Crippen molar-refractivity contribution in [2.24, 2.45) is 22.5 Å². The molecule has 0 aromatic carbocycles. The summed E-state index contributed by atoms with van der Waals surface area (Å²) in [5.41, 5.74) is 7.15. The Morgan fingerprint density at radius 1 is 1.31 bits per heavy atom. The van der Waals surface area contributed by atoms with Gasteiger partial charge in [0.25, 0.3) is 0 Å². The third-order valence-electron chi connectivity index (χ3n) is 5.04. The molecule has 2 bridgehead atoms.